The van der Waals surface area contributed by atoms with E-state index in [1.54, 1.807) is 30.5 Å². The highest BCUT2D eigenvalue weighted by atomic mass is 35.5. The summed E-state index contributed by atoms with van der Waals surface area (Å²) < 4.78 is 0. The van der Waals surface area contributed by atoms with E-state index in [1.165, 1.54) is 12.1 Å². The monoisotopic (exact) mass is 327 g/mol. The van der Waals surface area contributed by atoms with Gasteiger partial charge in [-0.3, -0.25) is 4.99 Å². The number of aliphatic imine (C=N–C) groups is 1. The fourth-order valence-electron chi connectivity index (χ4n) is 1.47. The van der Waals surface area contributed by atoms with Gasteiger partial charge in [0.05, 0.1) is 26.3 Å². The molecule has 0 atom stereocenters. The predicted octanol–water partition coefficient (Wildman–Crippen LogP) is 5.10. The molecule has 1 N–H and O–H groups in total. The van der Waals surface area contributed by atoms with Crippen molar-refractivity contribution < 1.29 is 9.90 Å². The largest absolute Gasteiger partial charge is 0.478 e. The van der Waals surface area contributed by atoms with Gasteiger partial charge in [-0.25, -0.2) is 4.79 Å². The maximum Gasteiger partial charge on any atom is 0.335 e. The third kappa shape index (κ3) is 3.31. The Balaban J connectivity index is 2.25. The molecule has 0 saturated carbocycles. The first kappa shape index (κ1) is 14.9. The number of hydrogen-bond acceptors (Lipinski definition) is 2. The Kier molecular flexibility index (Phi) is 4.65. The maximum atomic E-state index is 10.7. The van der Waals surface area contributed by atoms with Crippen molar-refractivity contribution in [1.82, 2.24) is 0 Å². The number of halogens is 3. The molecular weight excluding hydrogens is 321 g/mol. The van der Waals surface area contributed by atoms with E-state index in [-0.39, 0.29) is 10.6 Å². The number of rotatable bonds is 3. The molecule has 102 valence electrons. The van der Waals surface area contributed by atoms with Crippen LogP contribution in [0.15, 0.2) is 41.4 Å². The summed E-state index contributed by atoms with van der Waals surface area (Å²) in [4.78, 5) is 14.9. The summed E-state index contributed by atoms with van der Waals surface area (Å²) in [7, 11) is 0. The van der Waals surface area contributed by atoms with Crippen LogP contribution in [0.2, 0.25) is 15.1 Å². The SMILES string of the molecule is O=C(O)c1ccc(/N=C/c2ccc(Cl)c(Cl)c2Cl)cc1. The quantitative estimate of drug-likeness (QED) is 0.630. The van der Waals surface area contributed by atoms with Gasteiger partial charge < -0.3 is 5.11 Å². The standard InChI is InChI=1S/C14H8Cl3NO2/c15-11-6-3-9(12(16)13(11)17)7-18-10-4-1-8(2-5-10)14(19)20/h1-7H,(H,19,20)/b18-7+. The van der Waals surface area contributed by atoms with E-state index in [2.05, 4.69) is 4.99 Å². The fourth-order valence-corrected chi connectivity index (χ4v) is 2.07. The predicted molar refractivity (Wildman–Crippen MR) is 82.1 cm³/mol. The molecule has 0 aliphatic rings. The van der Waals surface area contributed by atoms with E-state index in [0.29, 0.717) is 21.3 Å². The Hall–Kier alpha value is -1.55. The van der Waals surface area contributed by atoms with Crippen molar-refractivity contribution in [3.8, 4) is 0 Å². The second kappa shape index (κ2) is 6.27. The van der Waals surface area contributed by atoms with Gasteiger partial charge in [0.1, 0.15) is 0 Å². The molecule has 0 fully saturated rings. The first-order valence-electron chi connectivity index (χ1n) is 5.50. The summed E-state index contributed by atoms with van der Waals surface area (Å²) in [6.45, 7) is 0. The lowest BCUT2D eigenvalue weighted by molar-refractivity contribution is 0.0697. The molecule has 0 radical (unpaired) electrons. The number of carboxylic acids is 1. The van der Waals surface area contributed by atoms with Gasteiger partial charge in [0.15, 0.2) is 0 Å². The number of benzene rings is 2. The average Bonchev–Trinajstić information content (AvgIpc) is 2.44. The molecule has 2 aromatic carbocycles. The van der Waals surface area contributed by atoms with E-state index >= 15 is 0 Å². The van der Waals surface area contributed by atoms with Crippen LogP contribution < -0.4 is 0 Å². The van der Waals surface area contributed by atoms with Crippen LogP contribution in [0.4, 0.5) is 5.69 Å². The number of carbonyl (C=O) groups is 1. The minimum Gasteiger partial charge on any atom is -0.478 e. The summed E-state index contributed by atoms with van der Waals surface area (Å²) >= 11 is 17.8. The van der Waals surface area contributed by atoms with Gasteiger partial charge >= 0.3 is 5.97 Å². The fraction of sp³-hybridized carbons (Fsp3) is 0. The highest BCUT2D eigenvalue weighted by Crippen LogP contribution is 2.32. The van der Waals surface area contributed by atoms with Crippen molar-refractivity contribution in [1.29, 1.82) is 0 Å². The van der Waals surface area contributed by atoms with Gasteiger partial charge in [-0.1, -0.05) is 40.9 Å². The Bertz CT molecular complexity index is 682. The number of nitrogens with zero attached hydrogens (tertiary/aromatic N) is 1. The van der Waals surface area contributed by atoms with Crippen LogP contribution in [0, 0.1) is 0 Å². The van der Waals surface area contributed by atoms with Crippen LogP contribution in [0.3, 0.4) is 0 Å². The topological polar surface area (TPSA) is 49.7 Å². The summed E-state index contributed by atoms with van der Waals surface area (Å²) in [5.41, 5.74) is 1.44. The Morgan fingerprint density at radius 1 is 1.00 bits per heavy atom. The summed E-state index contributed by atoms with van der Waals surface area (Å²) in [5.74, 6) is -0.979. The van der Waals surface area contributed by atoms with Gasteiger partial charge in [0, 0.05) is 11.8 Å². The number of aromatic carboxylic acids is 1. The zero-order chi connectivity index (χ0) is 14.7. The summed E-state index contributed by atoms with van der Waals surface area (Å²) in [6.07, 6.45) is 1.54. The third-order valence-corrected chi connectivity index (χ3v) is 3.84. The number of hydrogen-bond donors (Lipinski definition) is 1. The second-order valence-corrected chi connectivity index (χ2v) is 5.04. The van der Waals surface area contributed by atoms with E-state index in [9.17, 15) is 4.79 Å². The van der Waals surface area contributed by atoms with Crippen LogP contribution in [0.5, 0.6) is 0 Å². The molecule has 0 aliphatic carbocycles. The first-order chi connectivity index (χ1) is 9.49. The molecule has 0 amide bonds. The van der Waals surface area contributed by atoms with E-state index in [0.717, 1.165) is 0 Å². The molecule has 0 bridgehead atoms. The van der Waals surface area contributed by atoms with Gasteiger partial charge in [-0.15, -0.1) is 0 Å². The molecule has 20 heavy (non-hydrogen) atoms. The lowest BCUT2D eigenvalue weighted by Crippen LogP contribution is -1.94. The van der Waals surface area contributed by atoms with Gasteiger partial charge in [0.25, 0.3) is 0 Å². The first-order valence-corrected chi connectivity index (χ1v) is 6.63. The lowest BCUT2D eigenvalue weighted by atomic mass is 10.2. The maximum absolute atomic E-state index is 10.7. The molecule has 0 spiro atoms. The second-order valence-electron chi connectivity index (χ2n) is 3.87. The van der Waals surface area contributed by atoms with E-state index in [4.69, 9.17) is 39.9 Å². The van der Waals surface area contributed by atoms with E-state index in [1.807, 2.05) is 0 Å². The highest BCUT2D eigenvalue weighted by Gasteiger charge is 2.07. The molecule has 2 aromatic rings. The average molecular weight is 329 g/mol. The molecule has 0 unspecified atom stereocenters. The zero-order valence-electron chi connectivity index (χ0n) is 9.98. The van der Waals surface area contributed by atoms with Crippen molar-refractivity contribution >= 4 is 52.7 Å². The third-order valence-electron chi connectivity index (χ3n) is 2.53. The van der Waals surface area contributed by atoms with Gasteiger partial charge in [-0.05, 0) is 30.3 Å². The van der Waals surface area contributed by atoms with Crippen molar-refractivity contribution in [2.45, 2.75) is 0 Å². The highest BCUT2D eigenvalue weighted by molar-refractivity contribution is 6.48. The van der Waals surface area contributed by atoms with Gasteiger partial charge in [-0.2, -0.15) is 0 Å². The number of carboxylic acid groups (broad SMARTS) is 1. The Morgan fingerprint density at radius 2 is 1.65 bits per heavy atom. The molecule has 0 aromatic heterocycles. The van der Waals surface area contributed by atoms with Crippen LogP contribution in [0.1, 0.15) is 15.9 Å². The summed E-state index contributed by atoms with van der Waals surface area (Å²) in [5, 5.41) is 9.77. The van der Waals surface area contributed by atoms with Crippen molar-refractivity contribution in [2.24, 2.45) is 4.99 Å². The lowest BCUT2D eigenvalue weighted by Gasteiger charge is -2.02. The Morgan fingerprint density at radius 3 is 2.25 bits per heavy atom. The minimum absolute atomic E-state index is 0.205. The smallest absolute Gasteiger partial charge is 0.335 e. The molecule has 0 saturated heterocycles. The molecule has 2 rings (SSSR count). The summed E-state index contributed by atoms with van der Waals surface area (Å²) in [6, 6.07) is 9.49. The van der Waals surface area contributed by atoms with Crippen LogP contribution in [0.25, 0.3) is 0 Å². The normalized spacial score (nSPS) is 10.9. The van der Waals surface area contributed by atoms with Crippen molar-refractivity contribution in [3.63, 3.8) is 0 Å². The van der Waals surface area contributed by atoms with Crippen LogP contribution in [-0.4, -0.2) is 17.3 Å². The van der Waals surface area contributed by atoms with E-state index < -0.39 is 5.97 Å². The zero-order valence-corrected chi connectivity index (χ0v) is 12.2. The molecule has 3 nitrogen and oxygen atoms in total. The minimum atomic E-state index is -0.979. The van der Waals surface area contributed by atoms with Crippen LogP contribution >= 0.6 is 34.8 Å². The van der Waals surface area contributed by atoms with Crippen molar-refractivity contribution in [2.75, 3.05) is 0 Å². The molecular formula is C14H8Cl3NO2. The molecule has 6 heteroatoms. The van der Waals surface area contributed by atoms with Crippen LogP contribution in [-0.2, 0) is 0 Å². The molecule has 0 aliphatic heterocycles. The van der Waals surface area contributed by atoms with Crippen molar-refractivity contribution in [3.05, 3.63) is 62.6 Å². The molecule has 0 heterocycles. The van der Waals surface area contributed by atoms with Gasteiger partial charge in [0.2, 0.25) is 0 Å². The Labute approximate surface area is 130 Å².